The van der Waals surface area contributed by atoms with Gasteiger partial charge < -0.3 is 15.7 Å². The zero-order chi connectivity index (χ0) is 17.4. The third kappa shape index (κ3) is 6.01. The van der Waals surface area contributed by atoms with E-state index < -0.39 is 17.9 Å². The Balaban J connectivity index is 2.82. The number of carbonyl (C=O) groups excluding carboxylic acids is 1. The Morgan fingerprint density at radius 2 is 2.04 bits per heavy atom. The lowest BCUT2D eigenvalue weighted by molar-refractivity contribution is -0.139. The van der Waals surface area contributed by atoms with Crippen LogP contribution in [-0.4, -0.2) is 23.0 Å². The third-order valence-corrected chi connectivity index (χ3v) is 3.25. The Morgan fingerprint density at radius 1 is 1.39 bits per heavy atom. The summed E-state index contributed by atoms with van der Waals surface area (Å²) in [5.41, 5.74) is 0.136. The number of nitrogens with zero attached hydrogens (tertiary/aromatic N) is 1. The molecular weight excluding hydrogens is 318 g/mol. The zero-order valence-electron chi connectivity index (χ0n) is 12.8. The van der Waals surface area contributed by atoms with Crippen LogP contribution in [0, 0.1) is 17.2 Å². The van der Waals surface area contributed by atoms with E-state index in [-0.39, 0.29) is 11.5 Å². The number of aliphatic carboxylic acids is 1. The van der Waals surface area contributed by atoms with Crippen LogP contribution in [0.3, 0.4) is 0 Å². The average Bonchev–Trinajstić information content (AvgIpc) is 2.48. The van der Waals surface area contributed by atoms with Crippen LogP contribution in [0.2, 0.25) is 5.02 Å². The normalized spacial score (nSPS) is 12.4. The van der Waals surface area contributed by atoms with Crippen molar-refractivity contribution in [3.63, 3.8) is 0 Å². The largest absolute Gasteiger partial charge is 0.480 e. The molecule has 1 aromatic rings. The Hall–Kier alpha value is -2.52. The van der Waals surface area contributed by atoms with Gasteiger partial charge in [0.2, 0.25) is 0 Å². The molecule has 1 unspecified atom stereocenters. The number of rotatable bonds is 7. The van der Waals surface area contributed by atoms with Crippen LogP contribution < -0.4 is 10.6 Å². The number of hydrogen-bond acceptors (Lipinski definition) is 4. The summed E-state index contributed by atoms with van der Waals surface area (Å²) >= 11 is 5.93. The summed E-state index contributed by atoms with van der Waals surface area (Å²) in [6.45, 7) is 3.77. The topological polar surface area (TPSA) is 102 Å². The number of benzene rings is 1. The molecule has 6 nitrogen and oxygen atoms in total. The van der Waals surface area contributed by atoms with Crippen molar-refractivity contribution < 1.29 is 14.7 Å². The molecule has 1 amide bonds. The first-order valence-corrected chi connectivity index (χ1v) is 7.38. The maximum atomic E-state index is 12.1. The summed E-state index contributed by atoms with van der Waals surface area (Å²) in [4.78, 5) is 23.2. The Bertz CT molecular complexity index is 650. The van der Waals surface area contributed by atoms with E-state index >= 15 is 0 Å². The smallest absolute Gasteiger partial charge is 0.326 e. The summed E-state index contributed by atoms with van der Waals surface area (Å²) in [6, 6.07) is 7.48. The van der Waals surface area contributed by atoms with Crippen molar-refractivity contribution in [2.24, 2.45) is 5.92 Å². The van der Waals surface area contributed by atoms with Crippen LogP contribution in [-0.2, 0) is 9.59 Å². The molecule has 0 spiro atoms. The molecule has 1 aromatic carbocycles. The molecule has 3 N–H and O–H groups in total. The Labute approximate surface area is 139 Å². The second-order valence-electron chi connectivity index (χ2n) is 5.29. The molecule has 0 radical (unpaired) electrons. The maximum Gasteiger partial charge on any atom is 0.326 e. The number of hydrogen-bond donors (Lipinski definition) is 3. The summed E-state index contributed by atoms with van der Waals surface area (Å²) in [5.74, 6) is -1.56. The number of halogens is 1. The van der Waals surface area contributed by atoms with Crippen molar-refractivity contribution in [1.29, 1.82) is 5.26 Å². The second kappa shape index (κ2) is 8.81. The molecule has 122 valence electrons. The number of para-hydroxylation sites is 1. The standard InChI is InChI=1S/C16H18ClN3O3/c1-10(2)7-14(16(22)23)19-9-11(8-18)15(21)20-13-6-4-3-5-12(13)17/h3-6,9-10,14,19H,7H2,1-2H3,(H,20,21)(H,22,23)/b11-9-. The first kappa shape index (κ1) is 18.5. The van der Waals surface area contributed by atoms with Gasteiger partial charge in [0, 0.05) is 6.20 Å². The molecule has 0 aliphatic heterocycles. The Kier molecular flexibility index (Phi) is 7.10. The van der Waals surface area contributed by atoms with Gasteiger partial charge in [0.25, 0.3) is 5.91 Å². The highest BCUT2D eigenvalue weighted by molar-refractivity contribution is 6.33. The number of nitrogens with one attached hydrogen (secondary N) is 2. The molecule has 0 aliphatic carbocycles. The first-order valence-electron chi connectivity index (χ1n) is 7.00. The fourth-order valence-electron chi connectivity index (χ4n) is 1.80. The van der Waals surface area contributed by atoms with Crippen LogP contribution >= 0.6 is 11.6 Å². The minimum Gasteiger partial charge on any atom is -0.480 e. The van der Waals surface area contributed by atoms with E-state index in [1.165, 1.54) is 0 Å². The van der Waals surface area contributed by atoms with E-state index in [0.717, 1.165) is 6.20 Å². The summed E-state index contributed by atoms with van der Waals surface area (Å²) in [7, 11) is 0. The lowest BCUT2D eigenvalue weighted by atomic mass is 10.0. The van der Waals surface area contributed by atoms with Gasteiger partial charge in [-0.2, -0.15) is 5.26 Å². The highest BCUT2D eigenvalue weighted by atomic mass is 35.5. The second-order valence-corrected chi connectivity index (χ2v) is 5.70. The van der Waals surface area contributed by atoms with E-state index in [0.29, 0.717) is 17.1 Å². The number of anilines is 1. The predicted molar refractivity (Wildman–Crippen MR) is 87.8 cm³/mol. The number of carboxylic acids is 1. The number of carboxylic acid groups (broad SMARTS) is 1. The van der Waals surface area contributed by atoms with Crippen LogP contribution in [0.15, 0.2) is 36.0 Å². The lowest BCUT2D eigenvalue weighted by Crippen LogP contribution is -2.35. The quantitative estimate of drug-likeness (QED) is 0.525. The lowest BCUT2D eigenvalue weighted by Gasteiger charge is -2.15. The fraction of sp³-hybridized carbons (Fsp3) is 0.312. The van der Waals surface area contributed by atoms with Gasteiger partial charge in [-0.15, -0.1) is 0 Å². The van der Waals surface area contributed by atoms with Crippen molar-refractivity contribution in [3.8, 4) is 6.07 Å². The molecule has 0 saturated heterocycles. The summed E-state index contributed by atoms with van der Waals surface area (Å²) < 4.78 is 0. The molecule has 0 heterocycles. The molecular formula is C16H18ClN3O3. The molecule has 0 saturated carbocycles. The van der Waals surface area contributed by atoms with E-state index in [1.54, 1.807) is 30.3 Å². The average molecular weight is 336 g/mol. The van der Waals surface area contributed by atoms with Crippen molar-refractivity contribution >= 4 is 29.2 Å². The SMILES string of the molecule is CC(C)CC(N/C=C(/C#N)C(=O)Nc1ccccc1Cl)C(=O)O. The molecule has 0 fully saturated rings. The Morgan fingerprint density at radius 3 is 2.57 bits per heavy atom. The van der Waals surface area contributed by atoms with Crippen molar-refractivity contribution in [2.75, 3.05) is 5.32 Å². The van der Waals surface area contributed by atoms with Gasteiger partial charge in [-0.05, 0) is 24.5 Å². The van der Waals surface area contributed by atoms with Crippen LogP contribution in [0.4, 0.5) is 5.69 Å². The van der Waals surface area contributed by atoms with Crippen molar-refractivity contribution in [1.82, 2.24) is 5.32 Å². The van der Waals surface area contributed by atoms with E-state index in [2.05, 4.69) is 10.6 Å². The highest BCUT2D eigenvalue weighted by Gasteiger charge is 2.18. The van der Waals surface area contributed by atoms with E-state index in [9.17, 15) is 9.59 Å². The van der Waals surface area contributed by atoms with Gasteiger partial charge in [0.15, 0.2) is 0 Å². The minimum atomic E-state index is -1.04. The molecule has 0 aliphatic rings. The molecule has 0 bridgehead atoms. The van der Waals surface area contributed by atoms with Gasteiger partial charge in [0.1, 0.15) is 17.7 Å². The molecule has 1 rings (SSSR count). The first-order chi connectivity index (χ1) is 10.8. The number of nitriles is 1. The molecule has 1 atom stereocenters. The summed E-state index contributed by atoms with van der Waals surface area (Å²) in [5, 5.41) is 23.7. The van der Waals surface area contributed by atoms with Crippen LogP contribution in [0.1, 0.15) is 20.3 Å². The van der Waals surface area contributed by atoms with Gasteiger partial charge in [-0.3, -0.25) is 4.79 Å². The minimum absolute atomic E-state index is 0.152. The van der Waals surface area contributed by atoms with Crippen molar-refractivity contribution in [2.45, 2.75) is 26.3 Å². The van der Waals surface area contributed by atoms with Gasteiger partial charge in [-0.25, -0.2) is 4.79 Å². The van der Waals surface area contributed by atoms with Gasteiger partial charge >= 0.3 is 5.97 Å². The van der Waals surface area contributed by atoms with Gasteiger partial charge in [0.05, 0.1) is 10.7 Å². The van der Waals surface area contributed by atoms with Crippen LogP contribution in [0.25, 0.3) is 0 Å². The fourth-order valence-corrected chi connectivity index (χ4v) is 1.98. The summed E-state index contributed by atoms with van der Waals surface area (Å²) in [6.07, 6.45) is 1.49. The molecule has 0 aromatic heterocycles. The van der Waals surface area contributed by atoms with Gasteiger partial charge in [-0.1, -0.05) is 37.6 Å². The van der Waals surface area contributed by atoms with E-state index in [1.807, 2.05) is 13.8 Å². The zero-order valence-corrected chi connectivity index (χ0v) is 13.6. The van der Waals surface area contributed by atoms with Crippen molar-refractivity contribution in [3.05, 3.63) is 41.1 Å². The van der Waals surface area contributed by atoms with E-state index in [4.69, 9.17) is 22.0 Å². The predicted octanol–water partition coefficient (Wildman–Crippen LogP) is 2.77. The highest BCUT2D eigenvalue weighted by Crippen LogP contribution is 2.20. The number of carbonyl (C=O) groups is 2. The van der Waals surface area contributed by atoms with Crippen LogP contribution in [0.5, 0.6) is 0 Å². The number of amides is 1. The molecule has 23 heavy (non-hydrogen) atoms. The third-order valence-electron chi connectivity index (χ3n) is 2.92. The monoisotopic (exact) mass is 335 g/mol. The molecule has 7 heteroatoms. The maximum absolute atomic E-state index is 12.1.